The molecule has 0 spiro atoms. The van der Waals surface area contributed by atoms with E-state index in [4.69, 9.17) is 21.1 Å². The Labute approximate surface area is 156 Å². The Morgan fingerprint density at radius 3 is 2.62 bits per heavy atom. The van der Waals surface area contributed by atoms with Crippen LogP contribution in [0.25, 0.3) is 11.1 Å². The molecule has 134 valence electrons. The lowest BCUT2D eigenvalue weighted by Crippen LogP contribution is -2.32. The molecule has 3 aromatic rings. The Hall–Kier alpha value is -2.37. The molecular weight excluding hydrogens is 352 g/mol. The zero-order valence-corrected chi connectivity index (χ0v) is 14.9. The third-order valence-electron chi connectivity index (χ3n) is 4.91. The van der Waals surface area contributed by atoms with Crippen molar-refractivity contribution in [1.29, 1.82) is 0 Å². The summed E-state index contributed by atoms with van der Waals surface area (Å²) in [6, 6.07) is 12.6. The standard InChI is InChI=1S/C20H19ClN2O3/c21-16-5-6-18-17(11-16)22-19(26-18)14-7-9-23(10-8-14)12-13-1-3-15(4-2-13)20(24)25/h1-6,11,14H,7-10,12H2,(H,24,25). The van der Waals surface area contributed by atoms with Gasteiger partial charge in [-0.2, -0.15) is 0 Å². The Morgan fingerprint density at radius 2 is 1.92 bits per heavy atom. The first-order valence-corrected chi connectivity index (χ1v) is 9.07. The van der Waals surface area contributed by atoms with Gasteiger partial charge in [-0.25, -0.2) is 9.78 Å². The molecule has 2 aromatic carbocycles. The minimum atomic E-state index is -0.892. The van der Waals surface area contributed by atoms with Crippen molar-refractivity contribution in [2.24, 2.45) is 0 Å². The van der Waals surface area contributed by atoms with Gasteiger partial charge in [0.05, 0.1) is 5.56 Å². The first-order valence-electron chi connectivity index (χ1n) is 8.69. The zero-order valence-electron chi connectivity index (χ0n) is 14.2. The minimum absolute atomic E-state index is 0.323. The van der Waals surface area contributed by atoms with Gasteiger partial charge in [-0.1, -0.05) is 23.7 Å². The van der Waals surface area contributed by atoms with Gasteiger partial charge in [0.2, 0.25) is 0 Å². The second-order valence-corrected chi connectivity index (χ2v) is 7.15. The Balaban J connectivity index is 1.38. The number of rotatable bonds is 4. The number of aromatic carboxylic acids is 1. The molecule has 5 nitrogen and oxygen atoms in total. The number of piperidine rings is 1. The number of carboxylic acid groups (broad SMARTS) is 1. The number of oxazole rings is 1. The van der Waals surface area contributed by atoms with E-state index in [-0.39, 0.29) is 0 Å². The maximum atomic E-state index is 10.9. The lowest BCUT2D eigenvalue weighted by Gasteiger charge is -2.30. The summed E-state index contributed by atoms with van der Waals surface area (Å²) in [6.07, 6.45) is 1.99. The van der Waals surface area contributed by atoms with Crippen LogP contribution >= 0.6 is 11.6 Å². The molecule has 1 aromatic heterocycles. The van der Waals surface area contributed by atoms with E-state index in [1.807, 2.05) is 30.3 Å². The highest BCUT2D eigenvalue weighted by atomic mass is 35.5. The molecule has 0 radical (unpaired) electrons. The predicted octanol–water partition coefficient (Wildman–Crippen LogP) is 4.56. The number of hydrogen-bond acceptors (Lipinski definition) is 4. The maximum Gasteiger partial charge on any atom is 0.335 e. The van der Waals surface area contributed by atoms with Crippen molar-refractivity contribution >= 4 is 28.7 Å². The van der Waals surface area contributed by atoms with Crippen molar-refractivity contribution in [3.8, 4) is 0 Å². The summed E-state index contributed by atoms with van der Waals surface area (Å²) in [5.41, 5.74) is 3.05. The lowest BCUT2D eigenvalue weighted by molar-refractivity contribution is 0.0697. The Morgan fingerprint density at radius 1 is 1.19 bits per heavy atom. The van der Waals surface area contributed by atoms with Gasteiger partial charge in [-0.05, 0) is 61.8 Å². The van der Waals surface area contributed by atoms with Crippen molar-refractivity contribution in [3.63, 3.8) is 0 Å². The fraction of sp³-hybridized carbons (Fsp3) is 0.300. The molecule has 0 aliphatic carbocycles. The van der Waals surface area contributed by atoms with E-state index >= 15 is 0 Å². The topological polar surface area (TPSA) is 66.6 Å². The normalized spacial score (nSPS) is 16.2. The van der Waals surface area contributed by atoms with Gasteiger partial charge in [0.1, 0.15) is 5.52 Å². The number of halogens is 1. The van der Waals surface area contributed by atoms with Crippen LogP contribution in [0.5, 0.6) is 0 Å². The summed E-state index contributed by atoms with van der Waals surface area (Å²) < 4.78 is 5.91. The molecule has 1 N–H and O–H groups in total. The van der Waals surface area contributed by atoms with Crippen molar-refractivity contribution in [3.05, 3.63) is 64.5 Å². The quantitative estimate of drug-likeness (QED) is 0.729. The smallest absolute Gasteiger partial charge is 0.335 e. The first-order chi connectivity index (χ1) is 12.6. The van der Waals surface area contributed by atoms with E-state index in [9.17, 15) is 4.79 Å². The van der Waals surface area contributed by atoms with Crippen LogP contribution in [0.4, 0.5) is 0 Å². The number of nitrogens with zero attached hydrogens (tertiary/aromatic N) is 2. The average Bonchev–Trinajstić information content (AvgIpc) is 3.06. The number of carbonyl (C=O) groups is 1. The van der Waals surface area contributed by atoms with E-state index in [1.165, 1.54) is 0 Å². The molecule has 1 aliphatic heterocycles. The fourth-order valence-electron chi connectivity index (χ4n) is 3.44. The van der Waals surface area contributed by atoms with Gasteiger partial charge in [-0.3, -0.25) is 4.90 Å². The summed E-state index contributed by atoms with van der Waals surface area (Å²) >= 11 is 6.02. The summed E-state index contributed by atoms with van der Waals surface area (Å²) in [5, 5.41) is 9.64. The second kappa shape index (κ2) is 7.09. The SMILES string of the molecule is O=C(O)c1ccc(CN2CCC(c3nc4cc(Cl)ccc4o3)CC2)cc1. The second-order valence-electron chi connectivity index (χ2n) is 6.72. The molecule has 0 saturated carbocycles. The van der Waals surface area contributed by atoms with E-state index < -0.39 is 5.97 Å². The van der Waals surface area contributed by atoms with Crippen LogP contribution in [0.15, 0.2) is 46.9 Å². The Kier molecular flexibility index (Phi) is 4.66. The third-order valence-corrected chi connectivity index (χ3v) is 5.15. The van der Waals surface area contributed by atoms with Crippen LogP contribution in [-0.4, -0.2) is 34.0 Å². The van der Waals surface area contributed by atoms with E-state index in [2.05, 4.69) is 9.88 Å². The van der Waals surface area contributed by atoms with Crippen LogP contribution in [0, 0.1) is 0 Å². The summed E-state index contributed by atoms with van der Waals surface area (Å²) in [5.74, 6) is 0.233. The molecule has 1 fully saturated rings. The molecule has 4 rings (SSSR count). The zero-order chi connectivity index (χ0) is 18.1. The van der Waals surface area contributed by atoms with Crippen LogP contribution < -0.4 is 0 Å². The largest absolute Gasteiger partial charge is 0.478 e. The Bertz CT molecular complexity index is 928. The van der Waals surface area contributed by atoms with Gasteiger partial charge in [0.15, 0.2) is 11.5 Å². The molecule has 26 heavy (non-hydrogen) atoms. The number of fused-ring (bicyclic) bond motifs is 1. The van der Waals surface area contributed by atoms with E-state index in [0.29, 0.717) is 16.5 Å². The molecule has 0 amide bonds. The highest BCUT2D eigenvalue weighted by Crippen LogP contribution is 2.31. The van der Waals surface area contributed by atoms with Crippen LogP contribution in [-0.2, 0) is 6.54 Å². The van der Waals surface area contributed by atoms with Crippen LogP contribution in [0.3, 0.4) is 0 Å². The van der Waals surface area contributed by atoms with Gasteiger partial charge >= 0.3 is 5.97 Å². The predicted molar refractivity (Wildman–Crippen MR) is 99.7 cm³/mol. The van der Waals surface area contributed by atoms with E-state index in [0.717, 1.165) is 55.0 Å². The average molecular weight is 371 g/mol. The number of aromatic nitrogens is 1. The van der Waals surface area contributed by atoms with Crippen molar-refractivity contribution < 1.29 is 14.3 Å². The molecule has 0 atom stereocenters. The highest BCUT2D eigenvalue weighted by Gasteiger charge is 2.24. The first kappa shape index (κ1) is 17.1. The van der Waals surface area contributed by atoms with Gasteiger partial charge in [0.25, 0.3) is 0 Å². The lowest BCUT2D eigenvalue weighted by atomic mass is 9.96. The van der Waals surface area contributed by atoms with Crippen molar-refractivity contribution in [1.82, 2.24) is 9.88 Å². The highest BCUT2D eigenvalue weighted by molar-refractivity contribution is 6.31. The molecule has 6 heteroatoms. The fourth-order valence-corrected chi connectivity index (χ4v) is 3.61. The van der Waals surface area contributed by atoms with Crippen molar-refractivity contribution in [2.75, 3.05) is 13.1 Å². The molecule has 0 bridgehead atoms. The van der Waals surface area contributed by atoms with Gasteiger partial charge in [-0.15, -0.1) is 0 Å². The van der Waals surface area contributed by atoms with E-state index in [1.54, 1.807) is 12.1 Å². The molecule has 2 heterocycles. The van der Waals surface area contributed by atoms with Crippen molar-refractivity contribution in [2.45, 2.75) is 25.3 Å². The van der Waals surface area contributed by atoms with Crippen LogP contribution in [0.1, 0.15) is 40.6 Å². The minimum Gasteiger partial charge on any atom is -0.478 e. The molecule has 1 aliphatic rings. The summed E-state index contributed by atoms with van der Waals surface area (Å²) in [7, 11) is 0. The van der Waals surface area contributed by atoms with Gasteiger partial charge < -0.3 is 9.52 Å². The molecular formula is C20H19ClN2O3. The molecule has 1 saturated heterocycles. The number of likely N-dealkylation sites (tertiary alicyclic amines) is 1. The summed E-state index contributed by atoms with van der Waals surface area (Å²) in [6.45, 7) is 2.76. The third kappa shape index (κ3) is 3.59. The van der Waals surface area contributed by atoms with Crippen LogP contribution in [0.2, 0.25) is 5.02 Å². The number of carboxylic acids is 1. The monoisotopic (exact) mass is 370 g/mol. The maximum absolute atomic E-state index is 10.9. The van der Waals surface area contributed by atoms with Gasteiger partial charge in [0, 0.05) is 17.5 Å². The summed E-state index contributed by atoms with van der Waals surface area (Å²) in [4.78, 5) is 17.9. The number of benzene rings is 2. The molecule has 0 unspecified atom stereocenters. The number of hydrogen-bond donors (Lipinski definition) is 1.